The normalized spacial score (nSPS) is 20.3. The second-order valence-corrected chi connectivity index (χ2v) is 5.99. The largest absolute Gasteiger partial charge is 0.479 e. The molecule has 1 aromatic heterocycles. The third-order valence-corrected chi connectivity index (χ3v) is 4.08. The first-order valence-corrected chi connectivity index (χ1v) is 7.91. The standard InChI is InChI=1S/C18H18N2O5/c1-11-9-20(10-15(25-11)18(23)24)17(22)13-4-2-12(3-5-13)16(21)14-6-7-19-8-14/h2-8,11,15,19H,9-10H2,1H3,(H,23,24)/t11-,15?/m1/s1. The first kappa shape index (κ1) is 16.9. The van der Waals surface area contributed by atoms with E-state index in [2.05, 4.69) is 4.98 Å². The Labute approximate surface area is 144 Å². The van der Waals surface area contributed by atoms with Crippen LogP contribution in [0.4, 0.5) is 0 Å². The molecule has 1 fully saturated rings. The number of nitrogens with zero attached hydrogens (tertiary/aromatic N) is 1. The summed E-state index contributed by atoms with van der Waals surface area (Å²) in [4.78, 5) is 40.3. The van der Waals surface area contributed by atoms with E-state index in [9.17, 15) is 14.4 Å². The Balaban J connectivity index is 1.74. The molecule has 0 bridgehead atoms. The van der Waals surface area contributed by atoms with Crippen molar-refractivity contribution < 1.29 is 24.2 Å². The smallest absolute Gasteiger partial charge is 0.334 e. The number of rotatable bonds is 4. The number of morpholine rings is 1. The van der Waals surface area contributed by atoms with Gasteiger partial charge in [0, 0.05) is 35.6 Å². The van der Waals surface area contributed by atoms with Gasteiger partial charge in [0.15, 0.2) is 11.9 Å². The Morgan fingerprint density at radius 2 is 1.76 bits per heavy atom. The van der Waals surface area contributed by atoms with Crippen LogP contribution in [0.25, 0.3) is 0 Å². The van der Waals surface area contributed by atoms with Crippen LogP contribution in [-0.2, 0) is 9.53 Å². The van der Waals surface area contributed by atoms with Gasteiger partial charge in [-0.15, -0.1) is 0 Å². The average molecular weight is 342 g/mol. The number of nitrogens with one attached hydrogen (secondary N) is 1. The van der Waals surface area contributed by atoms with Crippen molar-refractivity contribution in [2.24, 2.45) is 0 Å². The Morgan fingerprint density at radius 3 is 2.36 bits per heavy atom. The molecule has 1 aliphatic heterocycles. The average Bonchev–Trinajstić information content (AvgIpc) is 3.14. The van der Waals surface area contributed by atoms with Crippen molar-refractivity contribution in [2.75, 3.05) is 13.1 Å². The summed E-state index contributed by atoms with van der Waals surface area (Å²) in [7, 11) is 0. The predicted molar refractivity (Wildman–Crippen MR) is 88.5 cm³/mol. The molecule has 2 atom stereocenters. The van der Waals surface area contributed by atoms with Crippen molar-refractivity contribution in [3.63, 3.8) is 0 Å². The molecule has 7 heteroatoms. The Morgan fingerprint density at radius 1 is 1.08 bits per heavy atom. The van der Waals surface area contributed by atoms with Crippen molar-refractivity contribution in [2.45, 2.75) is 19.1 Å². The number of carbonyl (C=O) groups excluding carboxylic acids is 2. The Bertz CT molecular complexity index is 782. The lowest BCUT2D eigenvalue weighted by molar-refractivity contribution is -0.160. The number of aliphatic carboxylic acids is 1. The van der Waals surface area contributed by atoms with Crippen LogP contribution in [0.2, 0.25) is 0 Å². The summed E-state index contributed by atoms with van der Waals surface area (Å²) in [5.41, 5.74) is 1.43. The van der Waals surface area contributed by atoms with E-state index in [1.54, 1.807) is 49.6 Å². The molecule has 2 N–H and O–H groups in total. The molecule has 3 rings (SSSR count). The van der Waals surface area contributed by atoms with Crippen molar-refractivity contribution in [1.29, 1.82) is 0 Å². The van der Waals surface area contributed by atoms with E-state index in [0.29, 0.717) is 23.2 Å². The third kappa shape index (κ3) is 3.61. The van der Waals surface area contributed by atoms with E-state index >= 15 is 0 Å². The molecule has 1 saturated heterocycles. The summed E-state index contributed by atoms with van der Waals surface area (Å²) in [5, 5.41) is 9.11. The summed E-state index contributed by atoms with van der Waals surface area (Å²) >= 11 is 0. The van der Waals surface area contributed by atoms with Crippen LogP contribution in [0.5, 0.6) is 0 Å². The number of aromatic amines is 1. The lowest BCUT2D eigenvalue weighted by atomic mass is 10.0. The fourth-order valence-electron chi connectivity index (χ4n) is 2.83. The number of aromatic nitrogens is 1. The number of ketones is 1. The summed E-state index contributed by atoms with van der Waals surface area (Å²) in [6, 6.07) is 8.04. The summed E-state index contributed by atoms with van der Waals surface area (Å²) < 4.78 is 5.31. The lowest BCUT2D eigenvalue weighted by Gasteiger charge is -2.35. The van der Waals surface area contributed by atoms with Gasteiger partial charge in [0.25, 0.3) is 5.91 Å². The van der Waals surface area contributed by atoms with Crippen LogP contribution in [0.3, 0.4) is 0 Å². The molecule has 1 amide bonds. The molecule has 0 radical (unpaired) electrons. The Hall–Kier alpha value is -2.93. The van der Waals surface area contributed by atoms with Crippen molar-refractivity contribution in [3.05, 3.63) is 59.4 Å². The van der Waals surface area contributed by atoms with Crippen LogP contribution in [0, 0.1) is 0 Å². The molecule has 7 nitrogen and oxygen atoms in total. The van der Waals surface area contributed by atoms with Crippen LogP contribution < -0.4 is 0 Å². The van der Waals surface area contributed by atoms with Crippen LogP contribution in [0.15, 0.2) is 42.7 Å². The van der Waals surface area contributed by atoms with Gasteiger partial charge < -0.3 is 19.7 Å². The SMILES string of the molecule is C[C@@H]1CN(C(=O)c2ccc(C(=O)c3cc[nH]c3)cc2)CC(C(=O)O)O1. The van der Waals surface area contributed by atoms with Gasteiger partial charge >= 0.3 is 5.97 Å². The highest BCUT2D eigenvalue weighted by Gasteiger charge is 2.33. The van der Waals surface area contributed by atoms with Crippen molar-refractivity contribution >= 4 is 17.7 Å². The maximum absolute atomic E-state index is 12.6. The van der Waals surface area contributed by atoms with Crippen LogP contribution in [-0.4, -0.2) is 57.9 Å². The second-order valence-electron chi connectivity index (χ2n) is 5.99. The van der Waals surface area contributed by atoms with Gasteiger partial charge in [0.1, 0.15) is 0 Å². The fourth-order valence-corrected chi connectivity index (χ4v) is 2.83. The van der Waals surface area contributed by atoms with E-state index in [0.717, 1.165) is 0 Å². The summed E-state index contributed by atoms with van der Waals surface area (Å²) in [6.45, 7) is 2.06. The lowest BCUT2D eigenvalue weighted by Crippen LogP contribution is -2.51. The fraction of sp³-hybridized carbons (Fsp3) is 0.278. The zero-order valence-corrected chi connectivity index (χ0v) is 13.6. The topological polar surface area (TPSA) is 99.7 Å². The maximum atomic E-state index is 12.6. The van der Waals surface area contributed by atoms with E-state index in [1.807, 2.05) is 0 Å². The van der Waals surface area contributed by atoms with E-state index in [1.165, 1.54) is 4.90 Å². The highest BCUT2D eigenvalue weighted by atomic mass is 16.5. The van der Waals surface area contributed by atoms with Crippen molar-refractivity contribution in [3.8, 4) is 0 Å². The van der Waals surface area contributed by atoms with Gasteiger partial charge in [-0.3, -0.25) is 9.59 Å². The number of hydrogen-bond donors (Lipinski definition) is 2. The molecule has 1 unspecified atom stereocenters. The number of benzene rings is 1. The minimum Gasteiger partial charge on any atom is -0.479 e. The van der Waals surface area contributed by atoms with Gasteiger partial charge in [0.05, 0.1) is 12.6 Å². The maximum Gasteiger partial charge on any atom is 0.334 e. The van der Waals surface area contributed by atoms with E-state index in [-0.39, 0.29) is 24.3 Å². The molecule has 0 spiro atoms. The molecular weight excluding hydrogens is 324 g/mol. The van der Waals surface area contributed by atoms with Crippen molar-refractivity contribution in [1.82, 2.24) is 9.88 Å². The molecule has 130 valence electrons. The predicted octanol–water partition coefficient (Wildman–Crippen LogP) is 1.56. The van der Waals surface area contributed by atoms with Gasteiger partial charge in [-0.25, -0.2) is 4.79 Å². The first-order chi connectivity index (χ1) is 12.0. The summed E-state index contributed by atoms with van der Waals surface area (Å²) in [6.07, 6.45) is 1.90. The summed E-state index contributed by atoms with van der Waals surface area (Å²) in [5.74, 6) is -1.50. The van der Waals surface area contributed by atoms with Crippen LogP contribution in [0.1, 0.15) is 33.2 Å². The molecule has 2 aromatic rings. The van der Waals surface area contributed by atoms with Gasteiger partial charge in [-0.05, 0) is 25.1 Å². The molecule has 0 aliphatic carbocycles. The molecule has 0 saturated carbocycles. The highest BCUT2D eigenvalue weighted by Crippen LogP contribution is 2.16. The first-order valence-electron chi connectivity index (χ1n) is 7.91. The third-order valence-electron chi connectivity index (χ3n) is 4.08. The molecular formula is C18H18N2O5. The molecule has 1 aliphatic rings. The number of carbonyl (C=O) groups is 3. The Kier molecular flexibility index (Phi) is 4.67. The van der Waals surface area contributed by atoms with Gasteiger partial charge in [-0.2, -0.15) is 0 Å². The quantitative estimate of drug-likeness (QED) is 0.822. The number of ether oxygens (including phenoxy) is 1. The van der Waals surface area contributed by atoms with Crippen LogP contribution >= 0.6 is 0 Å². The second kappa shape index (κ2) is 6.90. The zero-order chi connectivity index (χ0) is 18.0. The van der Waals surface area contributed by atoms with E-state index in [4.69, 9.17) is 9.84 Å². The number of hydrogen-bond acceptors (Lipinski definition) is 4. The number of carboxylic acid groups (broad SMARTS) is 1. The minimum atomic E-state index is -1.09. The minimum absolute atomic E-state index is 0.00252. The molecule has 25 heavy (non-hydrogen) atoms. The van der Waals surface area contributed by atoms with Gasteiger partial charge in [0.2, 0.25) is 0 Å². The zero-order valence-electron chi connectivity index (χ0n) is 13.6. The van der Waals surface area contributed by atoms with Gasteiger partial charge in [-0.1, -0.05) is 12.1 Å². The molecule has 2 heterocycles. The monoisotopic (exact) mass is 342 g/mol. The number of carboxylic acids is 1. The number of amides is 1. The highest BCUT2D eigenvalue weighted by molar-refractivity contribution is 6.09. The molecule has 1 aromatic carbocycles. The van der Waals surface area contributed by atoms with E-state index < -0.39 is 12.1 Å². The number of H-pyrrole nitrogens is 1.